The number of nitrogens with zero attached hydrogens (tertiary/aromatic N) is 3. The van der Waals surface area contributed by atoms with Gasteiger partial charge in [0.15, 0.2) is 0 Å². The third kappa shape index (κ3) is 1.99. The van der Waals surface area contributed by atoms with Crippen LogP contribution in [-0.4, -0.2) is 32.2 Å². The molecule has 1 aromatic rings. The molecule has 11 heavy (non-hydrogen) atoms. The summed E-state index contributed by atoms with van der Waals surface area (Å²) in [4.78, 5) is 9.99. The van der Waals surface area contributed by atoms with Crippen molar-refractivity contribution >= 4 is 5.97 Å². The number of hydrogen-bond acceptors (Lipinski definition) is 3. The van der Waals surface area contributed by atoms with Gasteiger partial charge in [0.2, 0.25) is 6.17 Å². The Morgan fingerprint density at radius 2 is 2.55 bits per heavy atom. The first kappa shape index (κ1) is 7.64. The SMILES string of the molecule is O=C(O)C(F)Cn1ccnn1. The Morgan fingerprint density at radius 1 is 1.82 bits per heavy atom. The predicted octanol–water partition coefficient (Wildman–Crippen LogP) is -0.299. The molecule has 0 aliphatic heterocycles. The number of hydrogen-bond donors (Lipinski definition) is 1. The first-order valence-corrected chi connectivity index (χ1v) is 2.91. The fourth-order valence-corrected chi connectivity index (χ4v) is 0.572. The lowest BCUT2D eigenvalue weighted by molar-refractivity contribution is -0.143. The zero-order chi connectivity index (χ0) is 8.27. The number of aliphatic carboxylic acids is 1. The summed E-state index contributed by atoms with van der Waals surface area (Å²) in [6, 6.07) is 0. The second-order valence-corrected chi connectivity index (χ2v) is 1.93. The third-order valence-electron chi connectivity index (χ3n) is 1.09. The van der Waals surface area contributed by atoms with Crippen LogP contribution in [0.25, 0.3) is 0 Å². The van der Waals surface area contributed by atoms with Crippen molar-refractivity contribution in [3.8, 4) is 0 Å². The summed E-state index contributed by atoms with van der Waals surface area (Å²) in [6.45, 7) is -0.296. The summed E-state index contributed by atoms with van der Waals surface area (Å²) < 4.78 is 13.5. The van der Waals surface area contributed by atoms with Gasteiger partial charge in [0.25, 0.3) is 0 Å². The highest BCUT2D eigenvalue weighted by Gasteiger charge is 2.15. The van der Waals surface area contributed by atoms with E-state index in [2.05, 4.69) is 10.3 Å². The van der Waals surface area contributed by atoms with Crippen LogP contribution in [0.1, 0.15) is 0 Å². The monoisotopic (exact) mass is 159 g/mol. The zero-order valence-electron chi connectivity index (χ0n) is 5.51. The number of carboxylic acid groups (broad SMARTS) is 1. The van der Waals surface area contributed by atoms with Gasteiger partial charge in [0.1, 0.15) is 0 Å². The first-order valence-electron chi connectivity index (χ1n) is 2.91. The molecule has 0 spiro atoms. The van der Waals surface area contributed by atoms with Crippen molar-refractivity contribution in [2.75, 3.05) is 0 Å². The van der Waals surface area contributed by atoms with Crippen molar-refractivity contribution < 1.29 is 14.3 Å². The molecule has 1 aromatic heterocycles. The quantitative estimate of drug-likeness (QED) is 0.657. The lowest BCUT2D eigenvalue weighted by atomic mass is 10.4. The number of carboxylic acids is 1. The second kappa shape index (κ2) is 3.09. The molecule has 0 aromatic carbocycles. The van der Waals surface area contributed by atoms with Gasteiger partial charge in [0.05, 0.1) is 12.7 Å². The highest BCUT2D eigenvalue weighted by Crippen LogP contribution is 1.94. The van der Waals surface area contributed by atoms with E-state index < -0.39 is 12.1 Å². The van der Waals surface area contributed by atoms with Crippen LogP contribution in [0.15, 0.2) is 12.4 Å². The molecule has 0 bridgehead atoms. The molecule has 1 unspecified atom stereocenters. The van der Waals surface area contributed by atoms with Gasteiger partial charge in [-0.25, -0.2) is 13.9 Å². The van der Waals surface area contributed by atoms with E-state index in [0.29, 0.717) is 0 Å². The van der Waals surface area contributed by atoms with Crippen molar-refractivity contribution in [1.82, 2.24) is 15.0 Å². The van der Waals surface area contributed by atoms with Gasteiger partial charge in [-0.15, -0.1) is 5.10 Å². The molecule has 6 heteroatoms. The zero-order valence-corrected chi connectivity index (χ0v) is 5.51. The van der Waals surface area contributed by atoms with Crippen molar-refractivity contribution in [3.05, 3.63) is 12.4 Å². The highest BCUT2D eigenvalue weighted by atomic mass is 19.1. The van der Waals surface area contributed by atoms with Crippen LogP contribution >= 0.6 is 0 Å². The molecule has 0 radical (unpaired) electrons. The molecular weight excluding hydrogens is 153 g/mol. The van der Waals surface area contributed by atoms with Gasteiger partial charge in [-0.3, -0.25) is 0 Å². The highest BCUT2D eigenvalue weighted by molar-refractivity contribution is 5.71. The minimum absolute atomic E-state index is 0.296. The maximum atomic E-state index is 12.4. The van der Waals surface area contributed by atoms with Gasteiger partial charge in [-0.2, -0.15) is 0 Å². The number of carbonyl (C=O) groups is 1. The Balaban J connectivity index is 2.50. The minimum atomic E-state index is -1.92. The maximum Gasteiger partial charge on any atom is 0.340 e. The average Bonchev–Trinajstić information content (AvgIpc) is 2.39. The largest absolute Gasteiger partial charge is 0.479 e. The molecule has 0 saturated heterocycles. The van der Waals surface area contributed by atoms with E-state index in [0.717, 1.165) is 4.68 Å². The van der Waals surface area contributed by atoms with Crippen molar-refractivity contribution in [2.24, 2.45) is 0 Å². The molecule has 1 heterocycles. The van der Waals surface area contributed by atoms with Crippen LogP contribution in [0.2, 0.25) is 0 Å². The van der Waals surface area contributed by atoms with Gasteiger partial charge >= 0.3 is 5.97 Å². The van der Waals surface area contributed by atoms with Crippen molar-refractivity contribution in [1.29, 1.82) is 0 Å². The Morgan fingerprint density at radius 3 is 3.00 bits per heavy atom. The lowest BCUT2D eigenvalue weighted by Gasteiger charge is -2.00. The van der Waals surface area contributed by atoms with Gasteiger partial charge < -0.3 is 5.11 Å². The van der Waals surface area contributed by atoms with Crippen LogP contribution in [0, 0.1) is 0 Å². The summed E-state index contributed by atoms with van der Waals surface area (Å²) in [5.74, 6) is -1.49. The molecule has 0 aliphatic carbocycles. The topological polar surface area (TPSA) is 68.0 Å². The molecule has 1 rings (SSSR count). The Bertz CT molecular complexity index is 236. The Kier molecular flexibility index (Phi) is 2.15. The number of aromatic nitrogens is 3. The lowest BCUT2D eigenvalue weighted by Crippen LogP contribution is -2.21. The Labute approximate surface area is 61.4 Å². The van der Waals surface area contributed by atoms with Gasteiger partial charge in [0, 0.05) is 6.20 Å². The fourth-order valence-electron chi connectivity index (χ4n) is 0.572. The second-order valence-electron chi connectivity index (χ2n) is 1.93. The van der Waals surface area contributed by atoms with Crippen molar-refractivity contribution in [2.45, 2.75) is 12.7 Å². The molecule has 1 N–H and O–H groups in total. The first-order chi connectivity index (χ1) is 5.20. The molecule has 0 fully saturated rings. The molecule has 5 nitrogen and oxygen atoms in total. The smallest absolute Gasteiger partial charge is 0.340 e. The van der Waals surface area contributed by atoms with E-state index in [1.807, 2.05) is 0 Å². The van der Waals surface area contributed by atoms with Crippen LogP contribution in [0.3, 0.4) is 0 Å². The standard InChI is InChI=1S/C5H6FN3O2/c6-4(5(10)11)3-9-2-1-7-8-9/h1-2,4H,3H2,(H,10,11). The summed E-state index contributed by atoms with van der Waals surface area (Å²) in [7, 11) is 0. The summed E-state index contributed by atoms with van der Waals surface area (Å²) in [6.07, 6.45) is 0.834. The van der Waals surface area contributed by atoms with E-state index >= 15 is 0 Å². The molecule has 0 amide bonds. The molecular formula is C5H6FN3O2. The molecule has 1 atom stereocenters. The number of halogens is 1. The van der Waals surface area contributed by atoms with Crippen LogP contribution < -0.4 is 0 Å². The summed E-state index contributed by atoms with van der Waals surface area (Å²) in [5.41, 5.74) is 0. The normalized spacial score (nSPS) is 12.8. The third-order valence-corrected chi connectivity index (χ3v) is 1.09. The minimum Gasteiger partial charge on any atom is -0.479 e. The van der Waals surface area contributed by atoms with E-state index in [9.17, 15) is 9.18 Å². The molecule has 60 valence electrons. The predicted molar refractivity (Wildman–Crippen MR) is 32.6 cm³/mol. The maximum absolute atomic E-state index is 12.4. The van der Waals surface area contributed by atoms with E-state index in [1.165, 1.54) is 12.4 Å². The summed E-state index contributed by atoms with van der Waals surface area (Å²) in [5, 5.41) is 14.9. The van der Waals surface area contributed by atoms with Gasteiger partial charge in [-0.1, -0.05) is 5.21 Å². The van der Waals surface area contributed by atoms with Crippen LogP contribution in [0.4, 0.5) is 4.39 Å². The van der Waals surface area contributed by atoms with E-state index in [1.54, 1.807) is 0 Å². The molecule has 0 saturated carbocycles. The van der Waals surface area contributed by atoms with E-state index in [-0.39, 0.29) is 6.54 Å². The summed E-state index contributed by atoms with van der Waals surface area (Å²) >= 11 is 0. The van der Waals surface area contributed by atoms with Crippen molar-refractivity contribution in [3.63, 3.8) is 0 Å². The number of rotatable bonds is 3. The average molecular weight is 159 g/mol. The Hall–Kier alpha value is -1.46. The van der Waals surface area contributed by atoms with E-state index in [4.69, 9.17) is 5.11 Å². The fraction of sp³-hybridized carbons (Fsp3) is 0.400. The van der Waals surface area contributed by atoms with Crippen LogP contribution in [-0.2, 0) is 11.3 Å². The number of alkyl halides is 1. The molecule has 0 aliphatic rings. The van der Waals surface area contributed by atoms with Gasteiger partial charge in [-0.05, 0) is 0 Å². The van der Waals surface area contributed by atoms with Crippen LogP contribution in [0.5, 0.6) is 0 Å².